The molecule has 1 aromatic heterocycles. The zero-order valence-electron chi connectivity index (χ0n) is 21.0. The highest BCUT2D eigenvalue weighted by atomic mass is 16.5. The van der Waals surface area contributed by atoms with Crippen LogP contribution in [0.4, 0.5) is 0 Å². The van der Waals surface area contributed by atoms with Crippen LogP contribution in [0, 0.1) is 11.3 Å². The van der Waals surface area contributed by atoms with Gasteiger partial charge >= 0.3 is 5.97 Å². The quantitative estimate of drug-likeness (QED) is 0.320. The largest absolute Gasteiger partial charge is 0.489 e. The van der Waals surface area contributed by atoms with Gasteiger partial charge in [-0.3, -0.25) is 0 Å². The Morgan fingerprint density at radius 1 is 1.00 bits per heavy atom. The first-order valence-corrected chi connectivity index (χ1v) is 12.4. The number of benzene rings is 3. The van der Waals surface area contributed by atoms with Crippen molar-refractivity contribution < 1.29 is 14.6 Å². The van der Waals surface area contributed by atoms with E-state index < -0.39 is 5.97 Å². The van der Waals surface area contributed by atoms with E-state index in [1.807, 2.05) is 72.8 Å². The van der Waals surface area contributed by atoms with Gasteiger partial charge in [-0.25, -0.2) is 9.78 Å². The molecule has 0 spiro atoms. The number of fused-ring (bicyclic) bond motifs is 2. The number of carboxylic acids is 1. The van der Waals surface area contributed by atoms with Crippen molar-refractivity contribution in [2.45, 2.75) is 40.2 Å². The Morgan fingerprint density at radius 3 is 2.50 bits per heavy atom. The van der Waals surface area contributed by atoms with E-state index in [9.17, 15) is 9.90 Å². The molecule has 5 rings (SSSR count). The molecule has 0 aliphatic heterocycles. The maximum absolute atomic E-state index is 12.5. The van der Waals surface area contributed by atoms with Crippen molar-refractivity contribution in [3.63, 3.8) is 0 Å². The molecule has 0 saturated carbocycles. The lowest BCUT2D eigenvalue weighted by molar-refractivity contribution is 0.0696. The normalized spacial score (nSPS) is 16.6. The molecule has 4 aromatic rings. The third-order valence-electron chi connectivity index (χ3n) is 7.10. The van der Waals surface area contributed by atoms with Crippen LogP contribution >= 0.6 is 0 Å². The number of allylic oxidation sites excluding steroid dienone is 1. The minimum atomic E-state index is -0.893. The van der Waals surface area contributed by atoms with Gasteiger partial charge in [0.05, 0.1) is 16.8 Å². The van der Waals surface area contributed by atoms with Gasteiger partial charge in [-0.05, 0) is 70.7 Å². The zero-order chi connectivity index (χ0) is 25.3. The molecule has 0 fully saturated rings. The SMILES string of the molecule is CC(C)(C)C1CC(=Cc2cccc(OCc3ccccc3)c2)c2nc3ccccc3c(C(=O)O)c2C1. The summed E-state index contributed by atoms with van der Waals surface area (Å²) in [5.74, 6) is 0.208. The second-order valence-corrected chi connectivity index (χ2v) is 10.6. The van der Waals surface area contributed by atoms with Gasteiger partial charge in [0.15, 0.2) is 0 Å². The van der Waals surface area contributed by atoms with E-state index in [0.29, 0.717) is 35.4 Å². The van der Waals surface area contributed by atoms with Crippen molar-refractivity contribution in [2.75, 3.05) is 0 Å². The highest BCUT2D eigenvalue weighted by Crippen LogP contribution is 2.44. The van der Waals surface area contributed by atoms with E-state index >= 15 is 0 Å². The third kappa shape index (κ3) is 4.90. The third-order valence-corrected chi connectivity index (χ3v) is 7.10. The van der Waals surface area contributed by atoms with Crippen LogP contribution in [0.5, 0.6) is 5.75 Å². The highest BCUT2D eigenvalue weighted by molar-refractivity contribution is 6.06. The molecule has 36 heavy (non-hydrogen) atoms. The number of aromatic nitrogens is 1. The first kappa shape index (κ1) is 23.8. The average molecular weight is 478 g/mol. The molecule has 1 N–H and O–H groups in total. The van der Waals surface area contributed by atoms with Crippen molar-refractivity contribution in [2.24, 2.45) is 11.3 Å². The van der Waals surface area contributed by atoms with Crippen molar-refractivity contribution in [1.29, 1.82) is 0 Å². The van der Waals surface area contributed by atoms with Crippen LogP contribution in [-0.2, 0) is 13.0 Å². The maximum atomic E-state index is 12.5. The van der Waals surface area contributed by atoms with E-state index in [1.165, 1.54) is 0 Å². The summed E-state index contributed by atoms with van der Waals surface area (Å²) < 4.78 is 6.05. The first-order chi connectivity index (χ1) is 17.3. The Balaban J connectivity index is 1.58. The Hall–Kier alpha value is -3.92. The van der Waals surface area contributed by atoms with Crippen LogP contribution in [0.2, 0.25) is 0 Å². The summed E-state index contributed by atoms with van der Waals surface area (Å²) in [7, 11) is 0. The molecular weight excluding hydrogens is 446 g/mol. The van der Waals surface area contributed by atoms with E-state index in [4.69, 9.17) is 9.72 Å². The minimum Gasteiger partial charge on any atom is -0.489 e. The summed E-state index contributed by atoms with van der Waals surface area (Å²) in [6, 6.07) is 25.7. The number of carboxylic acid groups (broad SMARTS) is 1. The second kappa shape index (κ2) is 9.62. The molecule has 0 amide bonds. The van der Waals surface area contributed by atoms with Crippen LogP contribution < -0.4 is 4.74 Å². The number of pyridine rings is 1. The predicted octanol–water partition coefficient (Wildman–Crippen LogP) is 7.66. The summed E-state index contributed by atoms with van der Waals surface area (Å²) in [4.78, 5) is 17.5. The molecule has 1 aliphatic carbocycles. The number of para-hydroxylation sites is 1. The molecule has 1 aliphatic rings. The van der Waals surface area contributed by atoms with Gasteiger partial charge in [-0.15, -0.1) is 0 Å². The topological polar surface area (TPSA) is 59.4 Å². The van der Waals surface area contributed by atoms with E-state index in [1.54, 1.807) is 0 Å². The highest BCUT2D eigenvalue weighted by Gasteiger charge is 2.35. The molecule has 3 aromatic carbocycles. The molecule has 4 nitrogen and oxygen atoms in total. The van der Waals surface area contributed by atoms with Crippen LogP contribution in [0.3, 0.4) is 0 Å². The van der Waals surface area contributed by atoms with Gasteiger partial charge in [0.2, 0.25) is 0 Å². The van der Waals surface area contributed by atoms with Gasteiger partial charge in [-0.2, -0.15) is 0 Å². The summed E-state index contributed by atoms with van der Waals surface area (Å²) >= 11 is 0. The molecular formula is C32H31NO3. The van der Waals surface area contributed by atoms with E-state index in [0.717, 1.165) is 40.1 Å². The molecule has 1 unspecified atom stereocenters. The number of nitrogens with zero attached hydrogens (tertiary/aromatic N) is 1. The molecule has 1 heterocycles. The van der Waals surface area contributed by atoms with Crippen LogP contribution in [-0.4, -0.2) is 16.1 Å². The molecule has 0 radical (unpaired) electrons. The molecule has 1 atom stereocenters. The van der Waals surface area contributed by atoms with Gasteiger partial charge < -0.3 is 9.84 Å². The standard InChI is InChI=1S/C32H31NO3/c1-32(2,3)24-18-23(16-22-12-9-13-25(17-22)36-20-21-10-5-4-6-11-21)30-27(19-24)29(31(34)35)26-14-7-8-15-28(26)33-30/h4-17,24H,18-20H2,1-3H3,(H,34,35). The lowest BCUT2D eigenvalue weighted by Crippen LogP contribution is -2.28. The van der Waals surface area contributed by atoms with Crippen molar-refractivity contribution in [3.05, 3.63) is 107 Å². The number of carbonyl (C=O) groups is 1. The fraction of sp³-hybridized carbons (Fsp3) is 0.250. The average Bonchev–Trinajstić information content (AvgIpc) is 2.86. The molecule has 4 heteroatoms. The number of rotatable bonds is 5. The Kier molecular flexibility index (Phi) is 6.36. The van der Waals surface area contributed by atoms with Gasteiger partial charge in [0, 0.05) is 5.39 Å². The van der Waals surface area contributed by atoms with Crippen LogP contribution in [0.15, 0.2) is 78.9 Å². The summed E-state index contributed by atoms with van der Waals surface area (Å²) in [5.41, 5.74) is 5.99. The molecule has 0 bridgehead atoms. The zero-order valence-corrected chi connectivity index (χ0v) is 21.0. The van der Waals surface area contributed by atoms with E-state index in [-0.39, 0.29) is 5.41 Å². The van der Waals surface area contributed by atoms with Crippen molar-refractivity contribution in [1.82, 2.24) is 4.98 Å². The summed E-state index contributed by atoms with van der Waals surface area (Å²) in [6.07, 6.45) is 3.70. The molecule has 0 saturated heterocycles. The van der Waals surface area contributed by atoms with Gasteiger partial charge in [-0.1, -0.05) is 81.4 Å². The Bertz CT molecular complexity index is 1450. The summed E-state index contributed by atoms with van der Waals surface area (Å²) in [5, 5.41) is 10.9. The lowest BCUT2D eigenvalue weighted by atomic mass is 9.69. The maximum Gasteiger partial charge on any atom is 0.336 e. The fourth-order valence-corrected chi connectivity index (χ4v) is 5.02. The second-order valence-electron chi connectivity index (χ2n) is 10.6. The Morgan fingerprint density at radius 2 is 1.75 bits per heavy atom. The van der Waals surface area contributed by atoms with Crippen molar-refractivity contribution >= 4 is 28.5 Å². The smallest absolute Gasteiger partial charge is 0.336 e. The lowest BCUT2D eigenvalue weighted by Gasteiger charge is -2.36. The number of hydrogen-bond acceptors (Lipinski definition) is 3. The molecule has 182 valence electrons. The number of ether oxygens (including phenoxy) is 1. The summed E-state index contributed by atoms with van der Waals surface area (Å²) in [6.45, 7) is 7.19. The van der Waals surface area contributed by atoms with E-state index in [2.05, 4.69) is 32.9 Å². The van der Waals surface area contributed by atoms with Crippen LogP contribution in [0.1, 0.15) is 59.9 Å². The van der Waals surface area contributed by atoms with Gasteiger partial charge in [0.1, 0.15) is 12.4 Å². The van der Waals surface area contributed by atoms with Gasteiger partial charge in [0.25, 0.3) is 0 Å². The number of hydrogen-bond donors (Lipinski definition) is 1. The van der Waals surface area contributed by atoms with Crippen LogP contribution in [0.25, 0.3) is 22.6 Å². The number of aromatic carboxylic acids is 1. The predicted molar refractivity (Wildman–Crippen MR) is 145 cm³/mol. The fourth-order valence-electron chi connectivity index (χ4n) is 5.02. The monoisotopic (exact) mass is 477 g/mol. The minimum absolute atomic E-state index is 0.0266. The first-order valence-electron chi connectivity index (χ1n) is 12.4. The Labute approximate surface area is 212 Å². The van der Waals surface area contributed by atoms with Crippen molar-refractivity contribution in [3.8, 4) is 5.75 Å².